The summed E-state index contributed by atoms with van der Waals surface area (Å²) in [5.74, 6) is -4.45. The van der Waals surface area contributed by atoms with Crippen LogP contribution < -0.4 is 4.90 Å². The van der Waals surface area contributed by atoms with E-state index in [4.69, 9.17) is 4.74 Å². The van der Waals surface area contributed by atoms with Gasteiger partial charge in [-0.2, -0.15) is 13.2 Å². The number of aromatic hydroxyl groups is 1. The van der Waals surface area contributed by atoms with Crippen LogP contribution in [0.2, 0.25) is 0 Å². The van der Waals surface area contributed by atoms with E-state index in [1.54, 1.807) is 6.07 Å². The Labute approximate surface area is 172 Å². The van der Waals surface area contributed by atoms with Crippen LogP contribution in [-0.4, -0.2) is 44.9 Å². The van der Waals surface area contributed by atoms with Crippen LogP contribution >= 0.6 is 0 Å². The molecule has 1 aliphatic carbocycles. The Kier molecular flexibility index (Phi) is 4.20. The van der Waals surface area contributed by atoms with Crippen molar-refractivity contribution in [2.24, 2.45) is 0 Å². The first-order chi connectivity index (χ1) is 14.6. The number of anilines is 1. The van der Waals surface area contributed by atoms with Crippen molar-refractivity contribution in [2.75, 3.05) is 24.7 Å². The first-order valence-electron chi connectivity index (χ1n) is 9.61. The van der Waals surface area contributed by atoms with Crippen LogP contribution in [0.5, 0.6) is 5.75 Å². The van der Waals surface area contributed by atoms with Crippen LogP contribution in [0.25, 0.3) is 16.7 Å². The Morgan fingerprint density at radius 3 is 2.58 bits per heavy atom. The first kappa shape index (κ1) is 20.0. The molecule has 1 saturated carbocycles. The van der Waals surface area contributed by atoms with Crippen LogP contribution in [0.1, 0.15) is 24.2 Å². The van der Waals surface area contributed by atoms with Gasteiger partial charge in [-0.3, -0.25) is 4.57 Å². The van der Waals surface area contributed by atoms with Crippen molar-refractivity contribution in [3.63, 3.8) is 0 Å². The number of aryl methyl sites for hydroxylation is 1. The van der Waals surface area contributed by atoms with E-state index >= 15 is 0 Å². The molecule has 1 N–H and O–H groups in total. The molecule has 2 fully saturated rings. The largest absolute Gasteiger partial charge is 0.503 e. The maximum Gasteiger partial charge on any atom is 0.419 e. The summed E-state index contributed by atoms with van der Waals surface area (Å²) < 4.78 is 74.8. The van der Waals surface area contributed by atoms with Gasteiger partial charge in [0.05, 0.1) is 47.2 Å². The number of phenols is 1. The number of rotatable bonds is 2. The van der Waals surface area contributed by atoms with Gasteiger partial charge in [-0.1, -0.05) is 0 Å². The molecule has 0 unspecified atom stereocenters. The van der Waals surface area contributed by atoms with Crippen LogP contribution in [0, 0.1) is 18.6 Å². The van der Waals surface area contributed by atoms with Crippen molar-refractivity contribution in [2.45, 2.75) is 31.5 Å². The minimum atomic E-state index is -5.12. The van der Waals surface area contributed by atoms with E-state index in [2.05, 4.69) is 14.9 Å². The van der Waals surface area contributed by atoms with Crippen molar-refractivity contribution in [3.8, 4) is 11.4 Å². The monoisotopic (exact) mass is 440 g/mol. The lowest BCUT2D eigenvalue weighted by Gasteiger charge is -2.37. The van der Waals surface area contributed by atoms with Gasteiger partial charge in [-0.15, -0.1) is 0 Å². The summed E-state index contributed by atoms with van der Waals surface area (Å²) >= 11 is 0. The maximum atomic E-state index is 14.6. The number of imidazole rings is 1. The second kappa shape index (κ2) is 6.52. The van der Waals surface area contributed by atoms with E-state index < -0.39 is 34.8 Å². The number of hydrogen-bond donors (Lipinski definition) is 1. The molecule has 2 aromatic heterocycles. The third kappa shape index (κ3) is 3.01. The van der Waals surface area contributed by atoms with Gasteiger partial charge < -0.3 is 14.7 Å². The molecule has 1 aromatic carbocycles. The van der Waals surface area contributed by atoms with Crippen LogP contribution in [-0.2, 0) is 10.9 Å². The van der Waals surface area contributed by atoms with Gasteiger partial charge >= 0.3 is 6.18 Å². The third-order valence-electron chi connectivity index (χ3n) is 5.90. The highest BCUT2D eigenvalue weighted by molar-refractivity contribution is 5.80. The Balaban J connectivity index is 1.65. The molecular formula is C20H17F5N4O2. The number of ether oxygens (including phenoxy) is 1. The second-order valence-corrected chi connectivity index (χ2v) is 7.87. The highest BCUT2D eigenvalue weighted by atomic mass is 19.4. The number of nitrogens with zero attached hydrogens (tertiary/aromatic N) is 4. The molecule has 5 rings (SSSR count). The number of benzene rings is 1. The maximum absolute atomic E-state index is 14.6. The molecule has 11 heteroatoms. The lowest BCUT2D eigenvalue weighted by Crippen LogP contribution is -2.48. The zero-order chi connectivity index (χ0) is 22.1. The highest BCUT2D eigenvalue weighted by Crippen LogP contribution is 2.46. The number of alkyl halides is 3. The van der Waals surface area contributed by atoms with Gasteiger partial charge in [0.1, 0.15) is 11.6 Å². The molecule has 0 radical (unpaired) electrons. The summed E-state index contributed by atoms with van der Waals surface area (Å²) in [5.41, 5.74) is -1.89. The van der Waals surface area contributed by atoms with Crippen molar-refractivity contribution >= 4 is 16.9 Å². The number of morpholine rings is 1. The van der Waals surface area contributed by atoms with Gasteiger partial charge in [-0.05, 0) is 25.8 Å². The fourth-order valence-electron chi connectivity index (χ4n) is 4.17. The summed E-state index contributed by atoms with van der Waals surface area (Å²) in [4.78, 5) is 10.9. The van der Waals surface area contributed by atoms with Gasteiger partial charge in [0.25, 0.3) is 0 Å². The molecule has 1 aliphatic heterocycles. The number of pyridine rings is 1. The van der Waals surface area contributed by atoms with Crippen LogP contribution in [0.4, 0.5) is 27.8 Å². The summed E-state index contributed by atoms with van der Waals surface area (Å²) in [6, 6.07) is 2.02. The normalized spacial score (nSPS) is 18.2. The van der Waals surface area contributed by atoms with E-state index in [9.17, 15) is 27.1 Å². The van der Waals surface area contributed by atoms with E-state index in [1.165, 1.54) is 13.1 Å². The Bertz CT molecular complexity index is 1200. The van der Waals surface area contributed by atoms with Gasteiger partial charge in [0.15, 0.2) is 17.4 Å². The van der Waals surface area contributed by atoms with Crippen molar-refractivity contribution in [3.05, 3.63) is 41.4 Å². The molecule has 0 atom stereocenters. The average molecular weight is 440 g/mol. The standard InChI is InChI=1S/C20H17F5N4O2/c1-10-27-12-7-15(28-4-5-31-9-19(28)2-3-19)26-8-14(12)29(10)13-6-11(20(23,24)25)16(21)18(30)17(13)22/h6-8,30H,2-5,9H2,1H3. The van der Waals surface area contributed by atoms with Gasteiger partial charge in [0.2, 0.25) is 0 Å². The number of fused-ring (bicyclic) bond motifs is 1. The lowest BCUT2D eigenvalue weighted by atomic mass is 10.1. The molecule has 6 nitrogen and oxygen atoms in total. The first-order valence-corrected chi connectivity index (χ1v) is 9.61. The summed E-state index contributed by atoms with van der Waals surface area (Å²) in [6.45, 7) is 3.27. The second-order valence-electron chi connectivity index (χ2n) is 7.87. The number of halogens is 5. The molecular weight excluding hydrogens is 423 g/mol. The predicted octanol–water partition coefficient (Wildman–Crippen LogP) is 4.10. The highest BCUT2D eigenvalue weighted by Gasteiger charge is 2.50. The number of hydrogen-bond acceptors (Lipinski definition) is 5. The number of phenolic OH excluding ortho intramolecular Hbond substituents is 1. The summed E-state index contributed by atoms with van der Waals surface area (Å²) in [7, 11) is 0. The van der Waals surface area contributed by atoms with Crippen molar-refractivity contribution < 1.29 is 31.8 Å². The smallest absolute Gasteiger partial charge is 0.419 e. The average Bonchev–Trinajstić information content (AvgIpc) is 3.39. The fraction of sp³-hybridized carbons (Fsp3) is 0.400. The van der Waals surface area contributed by atoms with E-state index in [1.807, 2.05) is 0 Å². The van der Waals surface area contributed by atoms with Crippen LogP contribution in [0.3, 0.4) is 0 Å². The molecule has 2 aliphatic rings. The topological polar surface area (TPSA) is 63.4 Å². The van der Waals surface area contributed by atoms with Gasteiger partial charge in [0, 0.05) is 12.6 Å². The molecule has 164 valence electrons. The lowest BCUT2D eigenvalue weighted by molar-refractivity contribution is -0.140. The van der Waals surface area contributed by atoms with Gasteiger partial charge in [-0.25, -0.2) is 18.7 Å². The SMILES string of the molecule is Cc1nc2cc(N3CCOCC34CC4)ncc2n1-c1cc(C(F)(F)F)c(F)c(O)c1F. The summed E-state index contributed by atoms with van der Waals surface area (Å²) in [6.07, 6.45) is -1.78. The molecule has 3 aromatic rings. The molecule has 1 spiro atoms. The zero-order valence-corrected chi connectivity index (χ0v) is 16.3. The third-order valence-corrected chi connectivity index (χ3v) is 5.90. The fourth-order valence-corrected chi connectivity index (χ4v) is 4.17. The molecule has 0 amide bonds. The predicted molar refractivity (Wildman–Crippen MR) is 100 cm³/mol. The summed E-state index contributed by atoms with van der Waals surface area (Å²) in [5, 5.41) is 9.65. The quantitative estimate of drug-likeness (QED) is 0.608. The van der Waals surface area contributed by atoms with Crippen molar-refractivity contribution in [1.29, 1.82) is 0 Å². The zero-order valence-electron chi connectivity index (χ0n) is 16.3. The minimum Gasteiger partial charge on any atom is -0.503 e. The Hall–Kier alpha value is -2.95. The Morgan fingerprint density at radius 1 is 1.16 bits per heavy atom. The minimum absolute atomic E-state index is 0.0903. The van der Waals surface area contributed by atoms with Crippen molar-refractivity contribution in [1.82, 2.24) is 14.5 Å². The van der Waals surface area contributed by atoms with E-state index in [0.717, 1.165) is 17.4 Å². The number of aromatic nitrogens is 3. The Morgan fingerprint density at radius 2 is 1.90 bits per heavy atom. The van der Waals surface area contributed by atoms with E-state index in [0.29, 0.717) is 37.2 Å². The van der Waals surface area contributed by atoms with Crippen LogP contribution in [0.15, 0.2) is 18.3 Å². The molecule has 1 saturated heterocycles. The molecule has 0 bridgehead atoms. The molecule has 3 heterocycles. The molecule has 31 heavy (non-hydrogen) atoms. The van der Waals surface area contributed by atoms with E-state index in [-0.39, 0.29) is 16.9 Å².